The second kappa shape index (κ2) is 9.23. The smallest absolute Gasteiger partial charge is 0.313 e. The molecule has 0 aliphatic rings. The molecule has 0 radical (unpaired) electrons. The summed E-state index contributed by atoms with van der Waals surface area (Å²) in [6.45, 7) is 0.205. The van der Waals surface area contributed by atoms with Crippen molar-refractivity contribution in [3.63, 3.8) is 0 Å². The Balaban J connectivity index is 1.53. The highest BCUT2D eigenvalue weighted by atomic mass is 16.5. The fraction of sp³-hybridized carbons (Fsp3) is 0.0909. The standard InChI is InChI=1S/C22H21N3O3/c1-28-20-10-6-5-7-16(20)15-23-21(26)22(27)25-19-13-11-18(12-14-19)24-17-8-3-2-4-9-17/h2-14,24H,15H2,1H3,(H,23,26)(H,25,27). The molecule has 3 N–H and O–H groups in total. The highest BCUT2D eigenvalue weighted by molar-refractivity contribution is 6.39. The third-order valence-corrected chi connectivity index (χ3v) is 4.04. The molecule has 2 amide bonds. The Morgan fingerprint density at radius 1 is 0.750 bits per heavy atom. The van der Waals surface area contributed by atoms with Crippen LogP contribution in [-0.2, 0) is 16.1 Å². The number of carbonyl (C=O) groups is 2. The van der Waals surface area contributed by atoms with Crippen molar-refractivity contribution in [2.24, 2.45) is 0 Å². The van der Waals surface area contributed by atoms with Gasteiger partial charge in [0.2, 0.25) is 0 Å². The van der Waals surface area contributed by atoms with Crippen LogP contribution >= 0.6 is 0 Å². The second-order valence-corrected chi connectivity index (χ2v) is 6.02. The van der Waals surface area contributed by atoms with E-state index >= 15 is 0 Å². The van der Waals surface area contributed by atoms with Crippen molar-refractivity contribution in [1.29, 1.82) is 0 Å². The molecule has 0 aliphatic heterocycles. The van der Waals surface area contributed by atoms with Crippen LogP contribution in [0, 0.1) is 0 Å². The van der Waals surface area contributed by atoms with Gasteiger partial charge in [-0.3, -0.25) is 9.59 Å². The summed E-state index contributed by atoms with van der Waals surface area (Å²) in [5.74, 6) is -0.777. The number of ether oxygens (including phenoxy) is 1. The highest BCUT2D eigenvalue weighted by Gasteiger charge is 2.14. The molecule has 28 heavy (non-hydrogen) atoms. The molecule has 0 saturated carbocycles. The number of nitrogens with one attached hydrogen (secondary N) is 3. The van der Waals surface area contributed by atoms with Crippen LogP contribution in [0.5, 0.6) is 5.75 Å². The number of methoxy groups -OCH3 is 1. The summed E-state index contributed by atoms with van der Waals surface area (Å²) in [5.41, 5.74) is 3.18. The lowest BCUT2D eigenvalue weighted by Crippen LogP contribution is -2.35. The zero-order valence-corrected chi connectivity index (χ0v) is 15.4. The lowest BCUT2D eigenvalue weighted by atomic mass is 10.2. The lowest BCUT2D eigenvalue weighted by molar-refractivity contribution is -0.136. The van der Waals surface area contributed by atoms with Gasteiger partial charge in [0.1, 0.15) is 5.75 Å². The van der Waals surface area contributed by atoms with Gasteiger partial charge in [-0.1, -0.05) is 36.4 Å². The van der Waals surface area contributed by atoms with E-state index in [9.17, 15) is 9.59 Å². The van der Waals surface area contributed by atoms with Crippen LogP contribution in [0.1, 0.15) is 5.56 Å². The van der Waals surface area contributed by atoms with E-state index in [1.54, 1.807) is 25.3 Å². The molecule has 142 valence electrons. The van der Waals surface area contributed by atoms with Crippen LogP contribution in [-0.4, -0.2) is 18.9 Å². The summed E-state index contributed by atoms with van der Waals surface area (Å²) in [7, 11) is 1.56. The van der Waals surface area contributed by atoms with E-state index in [0.717, 1.165) is 16.9 Å². The van der Waals surface area contributed by atoms with E-state index in [4.69, 9.17) is 4.74 Å². The van der Waals surface area contributed by atoms with Crippen LogP contribution < -0.4 is 20.7 Å². The fourth-order valence-corrected chi connectivity index (χ4v) is 2.62. The molecule has 3 aromatic carbocycles. The van der Waals surface area contributed by atoms with Crippen molar-refractivity contribution in [2.45, 2.75) is 6.54 Å². The van der Waals surface area contributed by atoms with E-state index in [0.29, 0.717) is 11.4 Å². The Bertz CT molecular complexity index is 941. The zero-order chi connectivity index (χ0) is 19.8. The highest BCUT2D eigenvalue weighted by Crippen LogP contribution is 2.19. The zero-order valence-electron chi connectivity index (χ0n) is 15.4. The van der Waals surface area contributed by atoms with E-state index < -0.39 is 11.8 Å². The van der Waals surface area contributed by atoms with Gasteiger partial charge >= 0.3 is 11.8 Å². The second-order valence-electron chi connectivity index (χ2n) is 6.02. The lowest BCUT2D eigenvalue weighted by Gasteiger charge is -2.10. The first-order valence-corrected chi connectivity index (χ1v) is 8.79. The molecule has 0 heterocycles. The summed E-state index contributed by atoms with van der Waals surface area (Å²) < 4.78 is 5.23. The Morgan fingerprint density at radius 3 is 2.07 bits per heavy atom. The molecule has 3 rings (SSSR count). The van der Waals surface area contributed by atoms with Gasteiger partial charge in [-0.2, -0.15) is 0 Å². The molecule has 0 atom stereocenters. The summed E-state index contributed by atoms with van der Waals surface area (Å²) in [5, 5.41) is 8.43. The largest absolute Gasteiger partial charge is 0.496 e. The van der Waals surface area contributed by atoms with Crippen molar-refractivity contribution in [3.8, 4) is 5.75 Å². The van der Waals surface area contributed by atoms with Gasteiger partial charge < -0.3 is 20.7 Å². The summed E-state index contributed by atoms with van der Waals surface area (Å²) in [6, 6.07) is 24.2. The van der Waals surface area contributed by atoms with Crippen molar-refractivity contribution in [2.75, 3.05) is 17.7 Å². The van der Waals surface area contributed by atoms with Crippen LogP contribution in [0.3, 0.4) is 0 Å². The minimum atomic E-state index is -0.723. The van der Waals surface area contributed by atoms with Crippen molar-refractivity contribution >= 4 is 28.9 Å². The van der Waals surface area contributed by atoms with Gasteiger partial charge in [-0.15, -0.1) is 0 Å². The monoisotopic (exact) mass is 375 g/mol. The van der Waals surface area contributed by atoms with Crippen molar-refractivity contribution in [3.05, 3.63) is 84.4 Å². The molecule has 0 spiro atoms. The van der Waals surface area contributed by atoms with E-state index in [1.165, 1.54) is 0 Å². The van der Waals surface area contributed by atoms with E-state index in [-0.39, 0.29) is 6.54 Å². The average molecular weight is 375 g/mol. The Hall–Kier alpha value is -3.80. The first kappa shape index (κ1) is 19.0. The molecular formula is C22H21N3O3. The predicted octanol–water partition coefficient (Wildman–Crippen LogP) is 3.69. The molecule has 0 saturated heterocycles. The normalized spacial score (nSPS) is 10.0. The first-order chi connectivity index (χ1) is 13.7. The van der Waals surface area contributed by atoms with Crippen LogP contribution in [0.25, 0.3) is 0 Å². The minimum Gasteiger partial charge on any atom is -0.496 e. The average Bonchev–Trinajstić information content (AvgIpc) is 2.74. The minimum absolute atomic E-state index is 0.205. The number of carbonyl (C=O) groups excluding carboxylic acids is 2. The van der Waals surface area contributed by atoms with Crippen LogP contribution in [0.15, 0.2) is 78.9 Å². The molecule has 0 bridgehead atoms. The Morgan fingerprint density at radius 2 is 1.36 bits per heavy atom. The van der Waals surface area contributed by atoms with E-state index in [1.807, 2.05) is 60.7 Å². The summed E-state index contributed by atoms with van der Waals surface area (Å²) >= 11 is 0. The van der Waals surface area contributed by atoms with Gasteiger partial charge in [0.15, 0.2) is 0 Å². The van der Waals surface area contributed by atoms with Gasteiger partial charge in [0, 0.05) is 29.2 Å². The quantitative estimate of drug-likeness (QED) is 0.574. The maximum absolute atomic E-state index is 12.1. The van der Waals surface area contributed by atoms with Crippen molar-refractivity contribution in [1.82, 2.24) is 5.32 Å². The number of para-hydroxylation sites is 2. The molecule has 0 fully saturated rings. The third-order valence-electron chi connectivity index (χ3n) is 4.04. The molecule has 3 aromatic rings. The maximum atomic E-state index is 12.1. The SMILES string of the molecule is COc1ccccc1CNC(=O)C(=O)Nc1ccc(Nc2ccccc2)cc1. The number of benzene rings is 3. The van der Waals surface area contributed by atoms with Gasteiger partial charge in [0.25, 0.3) is 0 Å². The van der Waals surface area contributed by atoms with Crippen LogP contribution in [0.2, 0.25) is 0 Å². The number of hydrogen-bond donors (Lipinski definition) is 3. The number of amides is 2. The molecule has 6 heteroatoms. The summed E-state index contributed by atoms with van der Waals surface area (Å²) in [4.78, 5) is 24.1. The molecule has 0 unspecified atom stereocenters. The number of anilines is 3. The van der Waals surface area contributed by atoms with Crippen molar-refractivity contribution < 1.29 is 14.3 Å². The number of rotatable bonds is 6. The maximum Gasteiger partial charge on any atom is 0.313 e. The topological polar surface area (TPSA) is 79.5 Å². The van der Waals surface area contributed by atoms with Gasteiger partial charge in [-0.05, 0) is 42.5 Å². The summed E-state index contributed by atoms with van der Waals surface area (Å²) in [6.07, 6.45) is 0. The van der Waals surface area contributed by atoms with E-state index in [2.05, 4.69) is 16.0 Å². The van der Waals surface area contributed by atoms with Gasteiger partial charge in [0.05, 0.1) is 7.11 Å². The number of hydrogen-bond acceptors (Lipinski definition) is 4. The Labute approximate surface area is 163 Å². The third kappa shape index (κ3) is 5.11. The van der Waals surface area contributed by atoms with Crippen LogP contribution in [0.4, 0.5) is 17.1 Å². The fourth-order valence-electron chi connectivity index (χ4n) is 2.62. The molecule has 6 nitrogen and oxygen atoms in total. The predicted molar refractivity (Wildman–Crippen MR) is 110 cm³/mol. The Kier molecular flexibility index (Phi) is 6.25. The molecule has 0 aliphatic carbocycles. The molecular weight excluding hydrogens is 354 g/mol. The molecule has 0 aromatic heterocycles. The van der Waals surface area contributed by atoms with Gasteiger partial charge in [-0.25, -0.2) is 0 Å². The first-order valence-electron chi connectivity index (χ1n) is 8.79.